The summed E-state index contributed by atoms with van der Waals surface area (Å²) in [5.74, 6) is 0.708. The molecule has 0 aliphatic rings. The van der Waals surface area contributed by atoms with E-state index in [4.69, 9.17) is 10.5 Å². The van der Waals surface area contributed by atoms with E-state index in [9.17, 15) is 4.79 Å². The average Bonchev–Trinajstić information content (AvgIpc) is 2.82. The molecule has 5 heteroatoms. The van der Waals surface area contributed by atoms with E-state index in [1.165, 1.54) is 11.8 Å². The lowest BCUT2D eigenvalue weighted by molar-refractivity contribution is -0.120. The number of aryl methyl sites for hydroxylation is 1. The van der Waals surface area contributed by atoms with Gasteiger partial charge in [0.05, 0.1) is 12.2 Å². The Morgan fingerprint density at radius 2 is 2.15 bits per heavy atom. The van der Waals surface area contributed by atoms with Gasteiger partial charge in [-0.25, -0.2) is 4.68 Å². The van der Waals surface area contributed by atoms with Crippen molar-refractivity contribution in [2.45, 2.75) is 32.2 Å². The molecule has 2 aromatic rings. The van der Waals surface area contributed by atoms with Gasteiger partial charge in [0, 0.05) is 0 Å². The fourth-order valence-electron chi connectivity index (χ4n) is 2.22. The first-order valence-electron chi connectivity index (χ1n) is 6.69. The Labute approximate surface area is 118 Å². The summed E-state index contributed by atoms with van der Waals surface area (Å²) in [6.45, 7) is 2.41. The van der Waals surface area contributed by atoms with Crippen molar-refractivity contribution in [1.82, 2.24) is 9.78 Å². The van der Waals surface area contributed by atoms with E-state index in [1.54, 1.807) is 4.68 Å². The first-order chi connectivity index (χ1) is 9.72. The topological polar surface area (TPSA) is 70.1 Å². The van der Waals surface area contributed by atoms with Crippen LogP contribution in [-0.2, 0) is 11.2 Å². The summed E-state index contributed by atoms with van der Waals surface area (Å²) in [4.78, 5) is 10.3. The third-order valence-electron chi connectivity index (χ3n) is 3.32. The molecule has 5 nitrogen and oxygen atoms in total. The Balaban J connectivity index is 1.88. The Hall–Kier alpha value is -2.30. The number of anilines is 1. The van der Waals surface area contributed by atoms with Gasteiger partial charge in [0.2, 0.25) is 0 Å². The summed E-state index contributed by atoms with van der Waals surface area (Å²) in [6.07, 6.45) is 4.51. The van der Waals surface area contributed by atoms with Gasteiger partial charge in [0.15, 0.2) is 11.6 Å². The number of aromatic nitrogens is 2. The van der Waals surface area contributed by atoms with Crippen LogP contribution in [0.3, 0.4) is 0 Å². The van der Waals surface area contributed by atoms with E-state index in [-0.39, 0.29) is 6.04 Å². The number of nitrogen functional groups attached to an aromatic ring is 1. The Morgan fingerprint density at radius 3 is 2.85 bits per heavy atom. The summed E-state index contributed by atoms with van der Waals surface area (Å²) in [5, 5.41) is 4.17. The second-order valence-electron chi connectivity index (χ2n) is 4.78. The number of rotatable bonds is 7. The molecule has 0 aliphatic heterocycles. The van der Waals surface area contributed by atoms with Crippen molar-refractivity contribution in [3.63, 3.8) is 0 Å². The number of hydrogen-bond acceptors (Lipinski definition) is 4. The van der Waals surface area contributed by atoms with Gasteiger partial charge in [-0.3, -0.25) is 4.79 Å². The monoisotopic (exact) mass is 273 g/mol. The summed E-state index contributed by atoms with van der Waals surface area (Å²) in [5.41, 5.74) is 7.22. The Morgan fingerprint density at radius 1 is 1.40 bits per heavy atom. The van der Waals surface area contributed by atoms with E-state index in [2.05, 4.69) is 24.2 Å². The van der Waals surface area contributed by atoms with Crippen LogP contribution in [0, 0.1) is 0 Å². The Bertz CT molecular complexity index is 552. The molecule has 1 aromatic carbocycles. The molecule has 0 saturated heterocycles. The van der Waals surface area contributed by atoms with E-state index < -0.39 is 0 Å². The van der Waals surface area contributed by atoms with Crippen LogP contribution in [0.4, 0.5) is 5.82 Å². The van der Waals surface area contributed by atoms with E-state index in [1.807, 2.05) is 18.2 Å². The van der Waals surface area contributed by atoms with Crippen molar-refractivity contribution in [1.29, 1.82) is 0 Å². The van der Waals surface area contributed by atoms with Crippen molar-refractivity contribution in [2.24, 2.45) is 0 Å². The lowest BCUT2D eigenvalue weighted by Crippen LogP contribution is -2.11. The highest BCUT2D eigenvalue weighted by atomic mass is 16.5. The standard InChI is InChI=1S/C15H19N3O2/c1-12(6-5-9-13-7-3-2-4-8-13)18-15(16)14(10-17-18)20-11-19/h2-4,7-8,10-12H,5-6,9,16H2,1H3. The van der Waals surface area contributed by atoms with Crippen molar-refractivity contribution in [3.8, 4) is 5.75 Å². The molecule has 0 fully saturated rings. The lowest BCUT2D eigenvalue weighted by Gasteiger charge is -2.13. The minimum Gasteiger partial charge on any atom is -0.423 e. The molecule has 0 radical (unpaired) electrons. The number of nitrogens with two attached hydrogens (primary N) is 1. The zero-order chi connectivity index (χ0) is 14.4. The van der Waals surface area contributed by atoms with Gasteiger partial charge in [0.25, 0.3) is 6.47 Å². The van der Waals surface area contributed by atoms with Gasteiger partial charge in [-0.05, 0) is 31.7 Å². The molecule has 1 unspecified atom stereocenters. The van der Waals surface area contributed by atoms with E-state index in [0.717, 1.165) is 19.3 Å². The molecule has 1 heterocycles. The van der Waals surface area contributed by atoms with Crippen molar-refractivity contribution < 1.29 is 9.53 Å². The van der Waals surface area contributed by atoms with E-state index >= 15 is 0 Å². The molecule has 1 atom stereocenters. The van der Waals surface area contributed by atoms with Gasteiger partial charge < -0.3 is 10.5 Å². The minimum absolute atomic E-state index is 0.169. The first kappa shape index (κ1) is 14.1. The zero-order valence-electron chi connectivity index (χ0n) is 11.5. The van der Waals surface area contributed by atoms with Crippen molar-refractivity contribution in [2.75, 3.05) is 5.73 Å². The highest BCUT2D eigenvalue weighted by molar-refractivity contribution is 5.53. The fraction of sp³-hybridized carbons (Fsp3) is 0.333. The van der Waals surface area contributed by atoms with Crippen LogP contribution < -0.4 is 10.5 Å². The molecule has 0 amide bonds. The molecule has 0 aliphatic carbocycles. The zero-order valence-corrected chi connectivity index (χ0v) is 11.5. The number of ether oxygens (including phenoxy) is 1. The molecular weight excluding hydrogens is 254 g/mol. The number of hydrogen-bond donors (Lipinski definition) is 1. The molecular formula is C15H19N3O2. The highest BCUT2D eigenvalue weighted by Crippen LogP contribution is 2.25. The van der Waals surface area contributed by atoms with Gasteiger partial charge >= 0.3 is 0 Å². The second kappa shape index (κ2) is 6.75. The second-order valence-corrected chi connectivity index (χ2v) is 4.78. The highest BCUT2D eigenvalue weighted by Gasteiger charge is 2.13. The van der Waals surface area contributed by atoms with Crippen LogP contribution in [0.25, 0.3) is 0 Å². The third kappa shape index (κ3) is 3.38. The molecule has 2 N–H and O–H groups in total. The SMILES string of the molecule is CC(CCCc1ccccc1)n1ncc(OC=O)c1N. The maximum Gasteiger partial charge on any atom is 0.298 e. The summed E-state index contributed by atoms with van der Waals surface area (Å²) >= 11 is 0. The molecule has 20 heavy (non-hydrogen) atoms. The van der Waals surface area contributed by atoms with Crippen LogP contribution in [0.2, 0.25) is 0 Å². The minimum atomic E-state index is 0.169. The molecule has 1 aromatic heterocycles. The number of benzene rings is 1. The van der Waals surface area contributed by atoms with Gasteiger partial charge in [-0.15, -0.1) is 0 Å². The quantitative estimate of drug-likeness (QED) is 0.787. The average molecular weight is 273 g/mol. The normalized spacial score (nSPS) is 12.1. The summed E-state index contributed by atoms with van der Waals surface area (Å²) < 4.78 is 6.45. The smallest absolute Gasteiger partial charge is 0.298 e. The molecule has 0 saturated carbocycles. The predicted octanol–water partition coefficient (Wildman–Crippen LogP) is 2.58. The fourth-order valence-corrected chi connectivity index (χ4v) is 2.22. The Kier molecular flexibility index (Phi) is 4.76. The van der Waals surface area contributed by atoms with Crippen LogP contribution in [0.5, 0.6) is 5.75 Å². The molecule has 0 spiro atoms. The molecule has 0 bridgehead atoms. The van der Waals surface area contributed by atoms with Gasteiger partial charge in [-0.2, -0.15) is 5.10 Å². The van der Waals surface area contributed by atoms with Crippen molar-refractivity contribution >= 4 is 12.3 Å². The number of carbonyl (C=O) groups excluding carboxylic acids is 1. The lowest BCUT2D eigenvalue weighted by atomic mass is 10.1. The number of carbonyl (C=O) groups is 1. The maximum absolute atomic E-state index is 10.3. The van der Waals surface area contributed by atoms with Gasteiger partial charge in [0.1, 0.15) is 0 Å². The first-order valence-corrected chi connectivity index (χ1v) is 6.69. The molecule has 2 rings (SSSR count). The summed E-state index contributed by atoms with van der Waals surface area (Å²) in [7, 11) is 0. The van der Waals surface area contributed by atoms with Crippen LogP contribution in [0.1, 0.15) is 31.4 Å². The number of nitrogens with zero attached hydrogens (tertiary/aromatic N) is 2. The predicted molar refractivity (Wildman–Crippen MR) is 77.4 cm³/mol. The van der Waals surface area contributed by atoms with Crippen LogP contribution in [0.15, 0.2) is 36.5 Å². The van der Waals surface area contributed by atoms with E-state index in [0.29, 0.717) is 18.0 Å². The van der Waals surface area contributed by atoms with Crippen LogP contribution >= 0.6 is 0 Å². The largest absolute Gasteiger partial charge is 0.423 e. The third-order valence-corrected chi connectivity index (χ3v) is 3.32. The summed E-state index contributed by atoms with van der Waals surface area (Å²) in [6, 6.07) is 10.5. The van der Waals surface area contributed by atoms with Crippen molar-refractivity contribution in [3.05, 3.63) is 42.1 Å². The maximum atomic E-state index is 10.3. The van der Waals surface area contributed by atoms with Gasteiger partial charge in [-0.1, -0.05) is 30.3 Å². The molecule has 106 valence electrons. The van der Waals surface area contributed by atoms with Crippen LogP contribution in [-0.4, -0.2) is 16.3 Å².